The number of rotatable bonds is 0. The van der Waals surface area contributed by atoms with Gasteiger partial charge in [-0.1, -0.05) is 25.5 Å². The van der Waals surface area contributed by atoms with Gasteiger partial charge in [0.25, 0.3) is 0 Å². The molecule has 1 N–H and O–H groups in total. The highest BCUT2D eigenvalue weighted by Crippen LogP contribution is 2.74. The molecule has 122 valence electrons. The molecule has 3 saturated carbocycles. The molecule has 1 saturated heterocycles. The molecule has 4 unspecified atom stereocenters. The number of hydrogen-bond acceptors (Lipinski definition) is 2. The van der Waals surface area contributed by atoms with Crippen LogP contribution in [-0.4, -0.2) is 21.7 Å². The number of aliphatic hydroxyl groups excluding tert-OH is 1. The van der Waals surface area contributed by atoms with Crippen LogP contribution in [0.5, 0.6) is 0 Å². The smallest absolute Gasteiger partial charge is 0.0577 e. The maximum Gasteiger partial charge on any atom is 0.0577 e. The number of aliphatic hydroxyl groups is 1. The lowest BCUT2D eigenvalue weighted by Crippen LogP contribution is -2.51. The van der Waals surface area contributed by atoms with Crippen LogP contribution in [0.25, 0.3) is 0 Å². The van der Waals surface area contributed by atoms with Crippen LogP contribution in [0.3, 0.4) is 0 Å². The molecule has 0 radical (unpaired) electrons. The van der Waals surface area contributed by atoms with E-state index in [9.17, 15) is 5.11 Å². The van der Waals surface area contributed by atoms with Crippen LogP contribution in [0.4, 0.5) is 0 Å². The minimum atomic E-state index is -0.0673. The van der Waals surface area contributed by atoms with E-state index in [-0.39, 0.29) is 6.10 Å². The highest BCUT2D eigenvalue weighted by atomic mass is 32.2. The summed E-state index contributed by atoms with van der Waals surface area (Å²) in [5.41, 5.74) is 2.66. The minimum Gasteiger partial charge on any atom is -0.393 e. The van der Waals surface area contributed by atoms with E-state index in [1.165, 1.54) is 44.3 Å². The maximum absolute atomic E-state index is 10.1. The average Bonchev–Trinajstić information content (AvgIpc) is 3.22. The van der Waals surface area contributed by atoms with Gasteiger partial charge in [0, 0.05) is 10.5 Å². The van der Waals surface area contributed by atoms with Crippen molar-refractivity contribution in [1.29, 1.82) is 0 Å². The summed E-state index contributed by atoms with van der Waals surface area (Å²) in [6.45, 7) is 5.19. The van der Waals surface area contributed by atoms with Crippen molar-refractivity contribution in [2.75, 3.05) is 5.75 Å². The van der Waals surface area contributed by atoms with Gasteiger partial charge in [0.05, 0.1) is 6.10 Å². The summed E-state index contributed by atoms with van der Waals surface area (Å²) in [6, 6.07) is 0. The number of allylic oxidation sites excluding steroid dienone is 1. The lowest BCUT2D eigenvalue weighted by atomic mass is 9.47. The molecular formula is C20H30OS. The van der Waals surface area contributed by atoms with Crippen LogP contribution in [0, 0.1) is 28.6 Å². The predicted molar refractivity (Wildman–Crippen MR) is 92.9 cm³/mol. The van der Waals surface area contributed by atoms with Crippen molar-refractivity contribution in [3.8, 4) is 0 Å². The molecule has 4 aliphatic carbocycles. The van der Waals surface area contributed by atoms with E-state index in [2.05, 4.69) is 31.7 Å². The Hall–Kier alpha value is 0.0500. The Morgan fingerprint density at radius 3 is 2.64 bits per heavy atom. The topological polar surface area (TPSA) is 20.2 Å². The van der Waals surface area contributed by atoms with E-state index < -0.39 is 0 Å². The molecule has 22 heavy (non-hydrogen) atoms. The fraction of sp³-hybridized carbons (Fsp3) is 0.900. The van der Waals surface area contributed by atoms with Gasteiger partial charge in [-0.15, -0.1) is 0 Å². The molecule has 0 amide bonds. The third kappa shape index (κ3) is 1.62. The van der Waals surface area contributed by atoms with Gasteiger partial charge in [-0.2, -0.15) is 11.8 Å². The van der Waals surface area contributed by atoms with E-state index >= 15 is 0 Å². The summed E-state index contributed by atoms with van der Waals surface area (Å²) in [5, 5.41) is 10.1. The van der Waals surface area contributed by atoms with Gasteiger partial charge < -0.3 is 5.11 Å². The molecule has 1 heterocycles. The quantitative estimate of drug-likeness (QED) is 0.511. The van der Waals surface area contributed by atoms with Gasteiger partial charge in [0.1, 0.15) is 0 Å². The summed E-state index contributed by atoms with van der Waals surface area (Å²) in [6.07, 6.45) is 12.9. The lowest BCUT2D eigenvalue weighted by molar-refractivity contribution is -0.0397. The van der Waals surface area contributed by atoms with Gasteiger partial charge in [-0.3, -0.25) is 0 Å². The van der Waals surface area contributed by atoms with E-state index in [4.69, 9.17) is 0 Å². The molecular weight excluding hydrogens is 288 g/mol. The Kier molecular flexibility index (Phi) is 2.85. The van der Waals surface area contributed by atoms with Crippen LogP contribution in [0.1, 0.15) is 65.2 Å². The molecule has 7 atom stereocenters. The Morgan fingerprint density at radius 1 is 1.09 bits per heavy atom. The van der Waals surface area contributed by atoms with E-state index in [1.54, 1.807) is 5.57 Å². The first-order chi connectivity index (χ1) is 10.5. The van der Waals surface area contributed by atoms with Crippen molar-refractivity contribution in [2.45, 2.75) is 76.1 Å². The van der Waals surface area contributed by atoms with Crippen molar-refractivity contribution < 1.29 is 5.11 Å². The molecule has 0 bridgehead atoms. The Balaban J connectivity index is 1.51. The fourth-order valence-corrected chi connectivity index (χ4v) is 8.79. The van der Waals surface area contributed by atoms with Crippen molar-refractivity contribution in [1.82, 2.24) is 0 Å². The van der Waals surface area contributed by atoms with Crippen LogP contribution >= 0.6 is 11.8 Å². The molecule has 4 fully saturated rings. The van der Waals surface area contributed by atoms with Gasteiger partial charge in [-0.05, 0) is 80.0 Å². The maximum atomic E-state index is 10.1. The fourth-order valence-electron chi connectivity index (χ4n) is 7.30. The SMILES string of the molecule is C[C@]12CCC(O)CC1=CCC1C2CC[C@@]2(C)C1CC[C@@]21CS1. The lowest BCUT2D eigenvalue weighted by Gasteiger charge is -2.58. The third-order valence-corrected chi connectivity index (χ3v) is 10.5. The van der Waals surface area contributed by atoms with Gasteiger partial charge in [0.15, 0.2) is 0 Å². The van der Waals surface area contributed by atoms with Crippen LogP contribution in [0.2, 0.25) is 0 Å². The molecule has 1 aliphatic heterocycles. The van der Waals surface area contributed by atoms with Crippen LogP contribution in [0.15, 0.2) is 11.6 Å². The molecule has 0 aromatic carbocycles. The van der Waals surface area contributed by atoms with E-state index in [0.29, 0.717) is 15.6 Å². The summed E-state index contributed by atoms with van der Waals surface area (Å²) in [4.78, 5) is 0. The highest BCUT2D eigenvalue weighted by molar-refractivity contribution is 8.08. The second kappa shape index (κ2) is 4.36. The molecule has 0 aromatic rings. The zero-order valence-electron chi connectivity index (χ0n) is 14.1. The van der Waals surface area contributed by atoms with Gasteiger partial charge in [0.2, 0.25) is 0 Å². The molecule has 5 rings (SSSR count). The summed E-state index contributed by atoms with van der Waals surface area (Å²) < 4.78 is 0.691. The summed E-state index contributed by atoms with van der Waals surface area (Å²) in [7, 11) is 0. The summed E-state index contributed by atoms with van der Waals surface area (Å²) in [5.74, 6) is 4.25. The predicted octanol–water partition coefficient (Wildman–Crippen LogP) is 4.80. The van der Waals surface area contributed by atoms with Crippen molar-refractivity contribution in [3.63, 3.8) is 0 Å². The van der Waals surface area contributed by atoms with Gasteiger partial charge >= 0.3 is 0 Å². The largest absolute Gasteiger partial charge is 0.393 e. The van der Waals surface area contributed by atoms with E-state index in [1.807, 2.05) is 0 Å². The first-order valence-electron chi connectivity index (χ1n) is 9.50. The second-order valence-corrected chi connectivity index (χ2v) is 10.8. The Morgan fingerprint density at radius 2 is 1.86 bits per heavy atom. The Labute approximate surface area is 139 Å². The molecule has 5 aliphatic rings. The summed E-state index contributed by atoms with van der Waals surface area (Å²) >= 11 is 2.28. The number of fused-ring (bicyclic) bond motifs is 6. The zero-order valence-corrected chi connectivity index (χ0v) is 14.9. The standard InChI is InChI=1S/C20H30OS/c1-18-8-5-14(21)11-13(18)3-4-15-16(18)6-9-19(2)17(15)7-10-20(19)12-22-20/h3,14-17,21H,4-12H2,1-2H3/t14?,15?,16?,17?,18-,19-,20+/m0/s1. The second-order valence-electron chi connectivity index (χ2n) is 9.43. The van der Waals surface area contributed by atoms with Crippen LogP contribution in [-0.2, 0) is 0 Å². The molecule has 1 nitrogen and oxygen atoms in total. The highest BCUT2D eigenvalue weighted by Gasteiger charge is 2.68. The van der Waals surface area contributed by atoms with Crippen molar-refractivity contribution in [3.05, 3.63) is 11.6 Å². The van der Waals surface area contributed by atoms with Crippen LogP contribution < -0.4 is 0 Å². The minimum absolute atomic E-state index is 0.0673. The molecule has 2 heteroatoms. The van der Waals surface area contributed by atoms with Crippen molar-refractivity contribution in [2.24, 2.45) is 28.6 Å². The number of thioether (sulfide) groups is 1. The Bertz CT molecular complexity index is 536. The normalized spacial score (nSPS) is 59.5. The van der Waals surface area contributed by atoms with E-state index in [0.717, 1.165) is 30.6 Å². The average molecular weight is 319 g/mol. The first kappa shape index (κ1) is 14.4. The first-order valence-corrected chi connectivity index (χ1v) is 10.5. The molecule has 1 spiro atoms. The zero-order chi connectivity index (χ0) is 15.2. The third-order valence-electron chi connectivity index (χ3n) is 8.86. The monoisotopic (exact) mass is 318 g/mol. The van der Waals surface area contributed by atoms with Crippen molar-refractivity contribution >= 4 is 11.8 Å². The molecule has 0 aromatic heterocycles. The van der Waals surface area contributed by atoms with Gasteiger partial charge in [-0.25, -0.2) is 0 Å². The number of hydrogen-bond donors (Lipinski definition) is 1.